The van der Waals surface area contributed by atoms with Crippen molar-refractivity contribution in [1.29, 1.82) is 0 Å². The van der Waals surface area contributed by atoms with Gasteiger partial charge in [0.15, 0.2) is 0 Å². The molecule has 178 valence electrons. The number of hydrogen-bond donors (Lipinski definition) is 1. The van der Waals surface area contributed by atoms with Gasteiger partial charge in [-0.1, -0.05) is 18.2 Å². The fourth-order valence-corrected chi connectivity index (χ4v) is 4.62. The van der Waals surface area contributed by atoms with Gasteiger partial charge >= 0.3 is 0 Å². The monoisotopic (exact) mass is 475 g/mol. The van der Waals surface area contributed by atoms with E-state index in [9.17, 15) is 9.18 Å². The van der Waals surface area contributed by atoms with Crippen molar-refractivity contribution in [1.82, 2.24) is 9.47 Å². The number of halogens is 2. The van der Waals surface area contributed by atoms with Gasteiger partial charge in [-0.25, -0.2) is 4.39 Å². The van der Waals surface area contributed by atoms with Crippen molar-refractivity contribution in [2.45, 2.75) is 31.8 Å². The van der Waals surface area contributed by atoms with E-state index in [0.717, 1.165) is 29.3 Å². The van der Waals surface area contributed by atoms with Crippen LogP contribution in [0.4, 0.5) is 4.39 Å². The Kier molecular flexibility index (Phi) is 8.35. The van der Waals surface area contributed by atoms with Gasteiger partial charge in [0.1, 0.15) is 11.6 Å². The first-order chi connectivity index (χ1) is 15.6. The molecule has 1 saturated heterocycles. The summed E-state index contributed by atoms with van der Waals surface area (Å²) >= 11 is 0. The highest BCUT2D eigenvalue weighted by molar-refractivity contribution is 6.09. The summed E-state index contributed by atoms with van der Waals surface area (Å²) in [6.07, 6.45) is 3.33. The number of carbonyl (C=O) groups excluding carboxylic acids is 1. The van der Waals surface area contributed by atoms with Crippen molar-refractivity contribution in [3.05, 3.63) is 65.1 Å². The maximum Gasteiger partial charge on any atom is 0.256 e. The van der Waals surface area contributed by atoms with Crippen LogP contribution in [0.5, 0.6) is 5.75 Å². The van der Waals surface area contributed by atoms with Crippen LogP contribution in [0.25, 0.3) is 10.9 Å². The van der Waals surface area contributed by atoms with E-state index < -0.39 is 0 Å². The van der Waals surface area contributed by atoms with E-state index in [1.165, 1.54) is 6.07 Å². The molecular weight excluding hydrogens is 445 g/mol. The molecule has 1 amide bonds. The Bertz CT molecular complexity index is 1110. The van der Waals surface area contributed by atoms with Crippen LogP contribution in [0.15, 0.2) is 42.6 Å². The van der Waals surface area contributed by atoms with Gasteiger partial charge in [0.2, 0.25) is 0 Å². The minimum absolute atomic E-state index is 0. The van der Waals surface area contributed by atoms with Crippen LogP contribution in [0.3, 0.4) is 0 Å². The van der Waals surface area contributed by atoms with Crippen molar-refractivity contribution in [3.8, 4) is 5.75 Å². The molecule has 0 saturated carbocycles. The van der Waals surface area contributed by atoms with Crippen LogP contribution < -0.4 is 10.5 Å². The quantitative estimate of drug-likeness (QED) is 0.552. The van der Waals surface area contributed by atoms with Crippen molar-refractivity contribution in [2.24, 2.45) is 5.73 Å². The van der Waals surface area contributed by atoms with Crippen molar-refractivity contribution in [3.63, 3.8) is 0 Å². The van der Waals surface area contributed by atoms with Crippen molar-refractivity contribution in [2.75, 3.05) is 33.9 Å². The van der Waals surface area contributed by atoms with Crippen LogP contribution >= 0.6 is 12.4 Å². The minimum Gasteiger partial charge on any atom is -0.496 e. The lowest BCUT2D eigenvalue weighted by molar-refractivity contribution is 0.0713. The molecule has 1 aliphatic rings. The summed E-state index contributed by atoms with van der Waals surface area (Å²) in [5.41, 5.74) is 8.94. The van der Waals surface area contributed by atoms with Crippen molar-refractivity contribution < 1.29 is 18.7 Å². The molecule has 0 atom stereocenters. The molecule has 2 N–H and O–H groups in total. The number of nitrogens with two attached hydrogens (primary N) is 1. The lowest BCUT2D eigenvalue weighted by Crippen LogP contribution is -2.38. The smallest absolute Gasteiger partial charge is 0.256 e. The van der Waals surface area contributed by atoms with Crippen LogP contribution in [0, 0.1) is 5.82 Å². The molecule has 3 aromatic rings. The molecule has 0 aliphatic carbocycles. The van der Waals surface area contributed by atoms with E-state index >= 15 is 0 Å². The molecule has 6 nitrogen and oxygen atoms in total. The maximum absolute atomic E-state index is 14.4. The molecule has 1 fully saturated rings. The number of piperidine rings is 1. The van der Waals surface area contributed by atoms with E-state index in [0.29, 0.717) is 49.7 Å². The van der Waals surface area contributed by atoms with E-state index in [1.807, 2.05) is 39.9 Å². The summed E-state index contributed by atoms with van der Waals surface area (Å²) in [7, 11) is 3.28. The Hall–Kier alpha value is -2.61. The first-order valence-electron chi connectivity index (χ1n) is 11.0. The van der Waals surface area contributed by atoms with Gasteiger partial charge in [0, 0.05) is 39.5 Å². The molecule has 2 heterocycles. The Morgan fingerprint density at radius 3 is 2.61 bits per heavy atom. The van der Waals surface area contributed by atoms with Gasteiger partial charge in [0.05, 0.1) is 30.2 Å². The zero-order valence-electron chi connectivity index (χ0n) is 19.1. The molecule has 2 aromatic carbocycles. The largest absolute Gasteiger partial charge is 0.496 e. The Morgan fingerprint density at radius 2 is 1.94 bits per heavy atom. The van der Waals surface area contributed by atoms with Gasteiger partial charge < -0.3 is 24.7 Å². The molecule has 1 aromatic heterocycles. The topological polar surface area (TPSA) is 69.7 Å². The third kappa shape index (κ3) is 5.00. The van der Waals surface area contributed by atoms with Gasteiger partial charge in [-0.2, -0.15) is 0 Å². The zero-order chi connectivity index (χ0) is 22.7. The molecule has 1 aliphatic heterocycles. The van der Waals surface area contributed by atoms with E-state index in [1.54, 1.807) is 20.3 Å². The molecule has 33 heavy (non-hydrogen) atoms. The molecular formula is C25H31ClFN3O3. The van der Waals surface area contributed by atoms with Gasteiger partial charge in [0.25, 0.3) is 5.91 Å². The molecule has 4 rings (SSSR count). The molecule has 0 unspecified atom stereocenters. The predicted molar refractivity (Wildman–Crippen MR) is 130 cm³/mol. The second kappa shape index (κ2) is 11.0. The first kappa shape index (κ1) is 25.0. The number of carbonyl (C=O) groups is 1. The summed E-state index contributed by atoms with van der Waals surface area (Å²) in [6, 6.07) is 10.9. The fourth-order valence-electron chi connectivity index (χ4n) is 4.62. The minimum atomic E-state index is -0.196. The molecule has 0 radical (unpaired) electrons. The highest BCUT2D eigenvalue weighted by Gasteiger charge is 2.29. The number of likely N-dealkylation sites (tertiary alicyclic amines) is 1. The fraction of sp³-hybridized carbons (Fsp3) is 0.400. The molecule has 0 bridgehead atoms. The summed E-state index contributed by atoms with van der Waals surface area (Å²) in [6.45, 7) is 2.74. The Labute approximate surface area is 199 Å². The number of ether oxygens (including phenoxy) is 2. The summed E-state index contributed by atoms with van der Waals surface area (Å²) < 4.78 is 27.3. The second-order valence-electron chi connectivity index (χ2n) is 8.21. The normalized spacial score (nSPS) is 14.4. The van der Waals surface area contributed by atoms with E-state index in [-0.39, 0.29) is 30.0 Å². The van der Waals surface area contributed by atoms with Gasteiger partial charge in [-0.15, -0.1) is 12.4 Å². The number of hydrogen-bond acceptors (Lipinski definition) is 4. The highest BCUT2D eigenvalue weighted by atomic mass is 35.5. The summed E-state index contributed by atoms with van der Waals surface area (Å²) in [4.78, 5) is 15.4. The Balaban J connectivity index is 0.00000306. The number of amides is 1. The standard InChI is InChI=1S/C25H30FN3O3.ClH/c1-31-13-12-29-16-20(24-22(29)4-3-5-23(24)32-2)25(30)28-10-8-18(9-11-28)19-14-17(15-27)6-7-21(19)26;/h3-7,14,16,18H,8-13,15,27H2,1-2H3;1H. The number of nitrogens with zero attached hydrogens (tertiary/aromatic N) is 2. The van der Waals surface area contributed by atoms with Gasteiger partial charge in [-0.05, 0) is 48.1 Å². The number of fused-ring (bicyclic) bond motifs is 1. The van der Waals surface area contributed by atoms with Crippen LogP contribution in [-0.4, -0.2) is 49.3 Å². The predicted octanol–water partition coefficient (Wildman–Crippen LogP) is 4.34. The van der Waals surface area contributed by atoms with Crippen LogP contribution in [0.2, 0.25) is 0 Å². The zero-order valence-corrected chi connectivity index (χ0v) is 19.9. The lowest BCUT2D eigenvalue weighted by atomic mass is 9.88. The van der Waals surface area contributed by atoms with Crippen molar-refractivity contribution >= 4 is 29.2 Å². The van der Waals surface area contributed by atoms with Crippen LogP contribution in [0.1, 0.15) is 40.2 Å². The number of methoxy groups -OCH3 is 2. The lowest BCUT2D eigenvalue weighted by Gasteiger charge is -2.32. The third-order valence-corrected chi connectivity index (χ3v) is 6.37. The second-order valence-corrected chi connectivity index (χ2v) is 8.21. The average molecular weight is 476 g/mol. The average Bonchev–Trinajstić information content (AvgIpc) is 3.21. The maximum atomic E-state index is 14.4. The number of rotatable bonds is 7. The molecule has 8 heteroatoms. The van der Waals surface area contributed by atoms with Crippen LogP contribution in [-0.2, 0) is 17.8 Å². The highest BCUT2D eigenvalue weighted by Crippen LogP contribution is 2.34. The van der Waals surface area contributed by atoms with Gasteiger partial charge in [-0.3, -0.25) is 4.79 Å². The molecule has 0 spiro atoms. The third-order valence-electron chi connectivity index (χ3n) is 6.37. The first-order valence-corrected chi connectivity index (χ1v) is 11.0. The summed E-state index contributed by atoms with van der Waals surface area (Å²) in [5, 5.41) is 0.819. The van der Waals surface area contributed by atoms with E-state index in [2.05, 4.69) is 0 Å². The summed E-state index contributed by atoms with van der Waals surface area (Å²) in [5.74, 6) is 0.545. The Morgan fingerprint density at radius 1 is 1.18 bits per heavy atom. The number of aromatic nitrogens is 1. The number of benzene rings is 2. The van der Waals surface area contributed by atoms with E-state index in [4.69, 9.17) is 15.2 Å². The SMILES string of the molecule is COCCn1cc(C(=O)N2CCC(c3cc(CN)ccc3F)CC2)c2c(OC)cccc21.Cl.